The number of pyridine rings is 1. The quantitative estimate of drug-likeness (QED) is 0.573. The predicted octanol–water partition coefficient (Wildman–Crippen LogP) is 1.43. The molecule has 1 heterocycles. The van der Waals surface area contributed by atoms with Crippen LogP contribution in [0.2, 0.25) is 0 Å². The first kappa shape index (κ1) is 7.61. The van der Waals surface area contributed by atoms with Gasteiger partial charge in [0.05, 0.1) is 12.5 Å². The zero-order chi connectivity index (χ0) is 8.27. The number of halogens is 2. The Labute approximate surface area is 62.1 Å². The van der Waals surface area contributed by atoms with Crippen molar-refractivity contribution < 1.29 is 8.78 Å². The molecule has 0 bridgehead atoms. The van der Waals surface area contributed by atoms with Crippen molar-refractivity contribution in [3.63, 3.8) is 0 Å². The summed E-state index contributed by atoms with van der Waals surface area (Å²) >= 11 is 0. The van der Waals surface area contributed by atoms with Crippen molar-refractivity contribution in [2.24, 2.45) is 0 Å². The molecule has 0 aliphatic heterocycles. The highest BCUT2D eigenvalue weighted by atomic mass is 19.1. The zero-order valence-corrected chi connectivity index (χ0v) is 5.51. The molecule has 0 amide bonds. The normalized spacial score (nSPS) is 9.18. The fraction of sp³-hybridized carbons (Fsp3) is 0.143. The number of hydrogen-bond donors (Lipinski definition) is 0. The molecule has 0 saturated carbocycles. The number of aromatic nitrogens is 1. The number of nitrogens with zero attached hydrogens (tertiary/aromatic N) is 2. The van der Waals surface area contributed by atoms with E-state index in [0.29, 0.717) is 0 Å². The highest BCUT2D eigenvalue weighted by molar-refractivity contribution is 5.15. The van der Waals surface area contributed by atoms with Crippen LogP contribution in [0.4, 0.5) is 8.78 Å². The Morgan fingerprint density at radius 1 is 1.45 bits per heavy atom. The first-order valence-corrected chi connectivity index (χ1v) is 2.92. The lowest BCUT2D eigenvalue weighted by atomic mass is 10.2. The topological polar surface area (TPSA) is 36.7 Å². The molecule has 0 atom stereocenters. The maximum absolute atomic E-state index is 12.5. The summed E-state index contributed by atoms with van der Waals surface area (Å²) < 4.78 is 24.7. The third kappa shape index (κ3) is 1.71. The molecule has 0 aliphatic carbocycles. The minimum atomic E-state index is -0.911. The molecule has 2 nitrogen and oxygen atoms in total. The minimum absolute atomic E-state index is 0.0842. The average molecular weight is 154 g/mol. The Morgan fingerprint density at radius 3 is 2.73 bits per heavy atom. The summed E-state index contributed by atoms with van der Waals surface area (Å²) in [7, 11) is 0. The molecule has 0 radical (unpaired) electrons. The van der Waals surface area contributed by atoms with Crippen LogP contribution in [0.25, 0.3) is 0 Å². The zero-order valence-electron chi connectivity index (χ0n) is 5.51. The Morgan fingerprint density at radius 2 is 2.18 bits per heavy atom. The highest BCUT2D eigenvalue weighted by Gasteiger charge is 2.03. The van der Waals surface area contributed by atoms with Crippen molar-refractivity contribution in [3.05, 3.63) is 29.6 Å². The number of rotatable bonds is 1. The van der Waals surface area contributed by atoms with Crippen LogP contribution in [0.3, 0.4) is 0 Å². The lowest BCUT2D eigenvalue weighted by Crippen LogP contribution is -1.94. The maximum Gasteiger partial charge on any atom is 0.219 e. The van der Waals surface area contributed by atoms with Crippen LogP contribution in [0.5, 0.6) is 0 Å². The molecule has 56 valence electrons. The van der Waals surface area contributed by atoms with Gasteiger partial charge in [-0.3, -0.25) is 0 Å². The van der Waals surface area contributed by atoms with Gasteiger partial charge in [0.15, 0.2) is 0 Å². The fourth-order valence-electron chi connectivity index (χ4n) is 0.658. The Kier molecular flexibility index (Phi) is 2.12. The van der Waals surface area contributed by atoms with Crippen molar-refractivity contribution >= 4 is 0 Å². The molecule has 0 aromatic carbocycles. The minimum Gasteiger partial charge on any atom is -0.198 e. The summed E-state index contributed by atoms with van der Waals surface area (Å²) in [5.41, 5.74) is 0.119. The van der Waals surface area contributed by atoms with E-state index in [1.165, 1.54) is 6.07 Å². The van der Waals surface area contributed by atoms with Crippen LogP contribution in [-0.4, -0.2) is 4.98 Å². The fourth-order valence-corrected chi connectivity index (χ4v) is 0.658. The number of hydrogen-bond acceptors (Lipinski definition) is 2. The predicted molar refractivity (Wildman–Crippen MR) is 33.5 cm³/mol. The molecule has 0 N–H and O–H groups in total. The van der Waals surface area contributed by atoms with Gasteiger partial charge in [-0.2, -0.15) is 19.0 Å². The average Bonchev–Trinajstić information content (AvgIpc) is 1.95. The molecule has 1 aromatic heterocycles. The molecule has 0 spiro atoms. The Bertz CT molecular complexity index is 304. The Hall–Kier alpha value is -1.50. The molecular formula is C7H4F2N2. The van der Waals surface area contributed by atoms with Gasteiger partial charge in [0, 0.05) is 5.56 Å². The number of nitriles is 1. The van der Waals surface area contributed by atoms with Gasteiger partial charge < -0.3 is 0 Å². The summed E-state index contributed by atoms with van der Waals surface area (Å²) in [4.78, 5) is 2.91. The van der Waals surface area contributed by atoms with Crippen LogP contribution < -0.4 is 0 Å². The van der Waals surface area contributed by atoms with Crippen molar-refractivity contribution in [1.29, 1.82) is 5.26 Å². The standard InChI is InChI=1S/C7H4F2N2/c8-6-2-1-5(3-4-10)7(9)11-6/h1-2H,3H2. The molecule has 4 heteroatoms. The Balaban J connectivity index is 3.01. The van der Waals surface area contributed by atoms with E-state index in [9.17, 15) is 8.78 Å². The van der Waals surface area contributed by atoms with Crippen molar-refractivity contribution in [3.8, 4) is 6.07 Å². The summed E-state index contributed by atoms with van der Waals surface area (Å²) in [6.45, 7) is 0. The van der Waals surface area contributed by atoms with Crippen molar-refractivity contribution in [1.82, 2.24) is 4.98 Å². The van der Waals surface area contributed by atoms with E-state index in [0.717, 1.165) is 6.07 Å². The van der Waals surface area contributed by atoms with E-state index in [4.69, 9.17) is 5.26 Å². The van der Waals surface area contributed by atoms with E-state index in [2.05, 4.69) is 4.98 Å². The second-order valence-electron chi connectivity index (χ2n) is 1.92. The van der Waals surface area contributed by atoms with Gasteiger partial charge in [0.25, 0.3) is 0 Å². The molecule has 0 unspecified atom stereocenters. The second-order valence-corrected chi connectivity index (χ2v) is 1.92. The summed E-state index contributed by atoms with van der Waals surface area (Å²) in [6.07, 6.45) is -0.0842. The van der Waals surface area contributed by atoms with Crippen molar-refractivity contribution in [2.75, 3.05) is 0 Å². The SMILES string of the molecule is N#CCc1ccc(F)nc1F. The van der Waals surface area contributed by atoms with E-state index in [-0.39, 0.29) is 12.0 Å². The first-order valence-electron chi connectivity index (χ1n) is 2.92. The summed E-state index contributed by atoms with van der Waals surface area (Å²) in [5.74, 6) is -1.78. The highest BCUT2D eigenvalue weighted by Crippen LogP contribution is 2.05. The molecular weight excluding hydrogens is 150 g/mol. The third-order valence-corrected chi connectivity index (χ3v) is 1.16. The first-order chi connectivity index (χ1) is 5.24. The van der Waals surface area contributed by atoms with Gasteiger partial charge in [-0.05, 0) is 12.1 Å². The third-order valence-electron chi connectivity index (χ3n) is 1.16. The van der Waals surface area contributed by atoms with Crippen LogP contribution in [0, 0.1) is 23.2 Å². The molecule has 0 aliphatic rings. The summed E-state index contributed by atoms with van der Waals surface area (Å²) in [6, 6.07) is 3.97. The van der Waals surface area contributed by atoms with Gasteiger partial charge in [0.2, 0.25) is 11.9 Å². The molecule has 0 saturated heterocycles. The van der Waals surface area contributed by atoms with Gasteiger partial charge in [-0.25, -0.2) is 0 Å². The summed E-state index contributed by atoms with van der Waals surface area (Å²) in [5, 5.41) is 8.18. The van der Waals surface area contributed by atoms with Crippen LogP contribution in [0.15, 0.2) is 12.1 Å². The molecule has 11 heavy (non-hydrogen) atoms. The van der Waals surface area contributed by atoms with Gasteiger partial charge >= 0.3 is 0 Å². The van der Waals surface area contributed by atoms with Crippen LogP contribution >= 0.6 is 0 Å². The van der Waals surface area contributed by atoms with Gasteiger partial charge in [0.1, 0.15) is 0 Å². The maximum atomic E-state index is 12.5. The van der Waals surface area contributed by atoms with Crippen LogP contribution in [0.1, 0.15) is 5.56 Å². The van der Waals surface area contributed by atoms with E-state index in [1.54, 1.807) is 6.07 Å². The van der Waals surface area contributed by atoms with Gasteiger partial charge in [-0.15, -0.1) is 0 Å². The van der Waals surface area contributed by atoms with Crippen LogP contribution in [-0.2, 0) is 6.42 Å². The van der Waals surface area contributed by atoms with E-state index in [1.807, 2.05) is 0 Å². The largest absolute Gasteiger partial charge is 0.219 e. The monoisotopic (exact) mass is 154 g/mol. The van der Waals surface area contributed by atoms with E-state index >= 15 is 0 Å². The van der Waals surface area contributed by atoms with Gasteiger partial charge in [-0.1, -0.05) is 0 Å². The lowest BCUT2D eigenvalue weighted by Gasteiger charge is -1.94. The second kappa shape index (κ2) is 3.06. The molecule has 1 rings (SSSR count). The lowest BCUT2D eigenvalue weighted by molar-refractivity contribution is 0.505. The molecule has 0 fully saturated rings. The van der Waals surface area contributed by atoms with Crippen molar-refractivity contribution in [2.45, 2.75) is 6.42 Å². The smallest absolute Gasteiger partial charge is 0.198 e. The van der Waals surface area contributed by atoms with E-state index < -0.39 is 11.9 Å². The molecule has 1 aromatic rings.